The van der Waals surface area contributed by atoms with E-state index in [9.17, 15) is 9.59 Å². The zero-order chi connectivity index (χ0) is 17.0. The van der Waals surface area contributed by atoms with Crippen molar-refractivity contribution in [3.8, 4) is 0 Å². The fourth-order valence-electron chi connectivity index (χ4n) is 1.87. The van der Waals surface area contributed by atoms with Gasteiger partial charge < -0.3 is 10.1 Å². The molecule has 2 aromatic rings. The van der Waals surface area contributed by atoms with Crippen molar-refractivity contribution in [1.29, 1.82) is 0 Å². The highest BCUT2D eigenvalue weighted by atomic mass is 79.9. The first-order valence-corrected chi connectivity index (χ1v) is 8.08. The van der Waals surface area contributed by atoms with Gasteiger partial charge in [-0.15, -0.1) is 0 Å². The van der Waals surface area contributed by atoms with Gasteiger partial charge in [0.1, 0.15) is 0 Å². The third kappa shape index (κ3) is 4.56. The molecule has 0 aliphatic heterocycles. The maximum Gasteiger partial charge on any atom is 0.340 e. The zero-order valence-corrected chi connectivity index (χ0v) is 14.9. The largest absolute Gasteiger partial charge is 0.449 e. The number of hydrogen-bond acceptors (Lipinski definition) is 3. The second kappa shape index (κ2) is 7.62. The summed E-state index contributed by atoms with van der Waals surface area (Å²) in [7, 11) is 0. The Hall–Kier alpha value is -1.85. The molecule has 120 valence electrons. The lowest BCUT2D eigenvalue weighted by molar-refractivity contribution is -0.123. The predicted octanol–water partition coefficient (Wildman–Crippen LogP) is 4.59. The molecule has 0 heterocycles. The molecule has 1 N–H and O–H groups in total. The van der Waals surface area contributed by atoms with E-state index in [0.717, 1.165) is 5.56 Å². The summed E-state index contributed by atoms with van der Waals surface area (Å²) in [5.41, 5.74) is 1.82. The first kappa shape index (κ1) is 17.5. The summed E-state index contributed by atoms with van der Waals surface area (Å²) in [6, 6.07) is 12.1. The summed E-state index contributed by atoms with van der Waals surface area (Å²) in [5.74, 6) is -0.987. The molecule has 0 saturated heterocycles. The van der Waals surface area contributed by atoms with Crippen molar-refractivity contribution in [2.24, 2.45) is 0 Å². The van der Waals surface area contributed by atoms with Crippen LogP contribution in [-0.4, -0.2) is 18.0 Å². The fraction of sp³-hybridized carbons (Fsp3) is 0.176. The molecule has 0 unspecified atom stereocenters. The van der Waals surface area contributed by atoms with Crippen LogP contribution in [0.5, 0.6) is 0 Å². The van der Waals surface area contributed by atoms with Crippen LogP contribution in [0.25, 0.3) is 0 Å². The first-order valence-electron chi connectivity index (χ1n) is 6.91. The highest BCUT2D eigenvalue weighted by Gasteiger charge is 2.20. The summed E-state index contributed by atoms with van der Waals surface area (Å²) >= 11 is 9.20. The Morgan fingerprint density at radius 2 is 1.91 bits per heavy atom. The molecule has 0 fully saturated rings. The van der Waals surface area contributed by atoms with Gasteiger partial charge in [-0.25, -0.2) is 4.79 Å². The van der Waals surface area contributed by atoms with E-state index in [1.165, 1.54) is 6.92 Å². The summed E-state index contributed by atoms with van der Waals surface area (Å²) in [4.78, 5) is 24.3. The van der Waals surface area contributed by atoms with Gasteiger partial charge in [0.15, 0.2) is 6.10 Å². The SMILES string of the molecule is Cc1ccc(Cl)cc1NC(=O)[C@@H](C)OC(=O)c1ccccc1Br. The van der Waals surface area contributed by atoms with E-state index in [0.29, 0.717) is 20.7 Å². The molecule has 0 bridgehead atoms. The van der Waals surface area contributed by atoms with E-state index in [2.05, 4.69) is 21.2 Å². The maximum absolute atomic E-state index is 12.2. The van der Waals surface area contributed by atoms with Crippen molar-refractivity contribution in [1.82, 2.24) is 0 Å². The lowest BCUT2D eigenvalue weighted by Gasteiger charge is -2.15. The fourth-order valence-corrected chi connectivity index (χ4v) is 2.49. The van der Waals surface area contributed by atoms with Gasteiger partial charge in [-0.3, -0.25) is 4.79 Å². The number of ether oxygens (including phenoxy) is 1. The number of amides is 1. The van der Waals surface area contributed by atoms with Crippen LogP contribution in [-0.2, 0) is 9.53 Å². The highest BCUT2D eigenvalue weighted by Crippen LogP contribution is 2.21. The van der Waals surface area contributed by atoms with Crippen LogP contribution in [0.15, 0.2) is 46.9 Å². The Morgan fingerprint density at radius 3 is 2.61 bits per heavy atom. The first-order chi connectivity index (χ1) is 10.9. The van der Waals surface area contributed by atoms with Crippen LogP contribution >= 0.6 is 27.5 Å². The number of carbonyl (C=O) groups excluding carboxylic acids is 2. The molecular formula is C17H15BrClNO3. The quantitative estimate of drug-likeness (QED) is 0.769. The predicted molar refractivity (Wildman–Crippen MR) is 93.8 cm³/mol. The van der Waals surface area contributed by atoms with E-state index < -0.39 is 18.0 Å². The van der Waals surface area contributed by atoms with Crippen molar-refractivity contribution in [2.75, 3.05) is 5.32 Å². The van der Waals surface area contributed by atoms with Gasteiger partial charge in [-0.2, -0.15) is 0 Å². The number of carbonyl (C=O) groups is 2. The van der Waals surface area contributed by atoms with Crippen LogP contribution < -0.4 is 5.32 Å². The van der Waals surface area contributed by atoms with E-state index >= 15 is 0 Å². The van der Waals surface area contributed by atoms with Crippen LogP contribution in [0.1, 0.15) is 22.8 Å². The van der Waals surface area contributed by atoms with E-state index in [1.807, 2.05) is 6.92 Å². The van der Waals surface area contributed by atoms with Gasteiger partial charge in [-0.1, -0.05) is 29.8 Å². The van der Waals surface area contributed by atoms with Gasteiger partial charge in [0, 0.05) is 15.2 Å². The third-order valence-corrected chi connectivity index (χ3v) is 4.13. The molecule has 0 radical (unpaired) electrons. The minimum Gasteiger partial charge on any atom is -0.449 e. The van der Waals surface area contributed by atoms with Gasteiger partial charge >= 0.3 is 5.97 Å². The number of nitrogens with one attached hydrogen (secondary N) is 1. The van der Waals surface area contributed by atoms with Gasteiger partial charge in [0.25, 0.3) is 5.91 Å². The van der Waals surface area contributed by atoms with Crippen molar-refractivity contribution < 1.29 is 14.3 Å². The number of hydrogen-bond donors (Lipinski definition) is 1. The van der Waals surface area contributed by atoms with Crippen molar-refractivity contribution in [2.45, 2.75) is 20.0 Å². The molecule has 0 aliphatic rings. The molecule has 2 rings (SSSR count). The van der Waals surface area contributed by atoms with Crippen LogP contribution in [0, 0.1) is 6.92 Å². The van der Waals surface area contributed by atoms with Crippen LogP contribution in [0.3, 0.4) is 0 Å². The van der Waals surface area contributed by atoms with Gasteiger partial charge in [0.2, 0.25) is 0 Å². The second-order valence-electron chi connectivity index (χ2n) is 4.98. The smallest absolute Gasteiger partial charge is 0.340 e. The second-order valence-corrected chi connectivity index (χ2v) is 6.27. The average molecular weight is 397 g/mol. The summed E-state index contributed by atoms with van der Waals surface area (Å²) in [6.07, 6.45) is -0.937. The number of aryl methyl sites for hydroxylation is 1. The number of anilines is 1. The summed E-state index contributed by atoms with van der Waals surface area (Å²) in [5, 5.41) is 3.23. The molecule has 4 nitrogen and oxygen atoms in total. The minimum absolute atomic E-state index is 0.367. The third-order valence-electron chi connectivity index (χ3n) is 3.20. The number of esters is 1. The molecule has 23 heavy (non-hydrogen) atoms. The Balaban J connectivity index is 2.04. The monoisotopic (exact) mass is 395 g/mol. The van der Waals surface area contributed by atoms with E-state index in [4.69, 9.17) is 16.3 Å². The van der Waals surface area contributed by atoms with Crippen molar-refractivity contribution in [3.05, 3.63) is 63.1 Å². The number of rotatable bonds is 4. The van der Waals surface area contributed by atoms with E-state index in [1.54, 1.807) is 42.5 Å². The molecule has 6 heteroatoms. The topological polar surface area (TPSA) is 55.4 Å². The molecule has 0 aliphatic carbocycles. The molecule has 2 aromatic carbocycles. The Bertz CT molecular complexity index is 748. The summed E-state index contributed by atoms with van der Waals surface area (Å²) in [6.45, 7) is 3.37. The number of benzene rings is 2. The van der Waals surface area contributed by atoms with Crippen LogP contribution in [0.2, 0.25) is 5.02 Å². The minimum atomic E-state index is -0.937. The van der Waals surface area contributed by atoms with Gasteiger partial charge in [-0.05, 0) is 59.6 Å². The lowest BCUT2D eigenvalue weighted by atomic mass is 10.2. The highest BCUT2D eigenvalue weighted by molar-refractivity contribution is 9.10. The average Bonchev–Trinajstić information content (AvgIpc) is 2.51. The normalized spacial score (nSPS) is 11.7. The van der Waals surface area contributed by atoms with Crippen molar-refractivity contribution in [3.63, 3.8) is 0 Å². The summed E-state index contributed by atoms with van der Waals surface area (Å²) < 4.78 is 5.82. The van der Waals surface area contributed by atoms with E-state index in [-0.39, 0.29) is 0 Å². The van der Waals surface area contributed by atoms with Crippen LogP contribution in [0.4, 0.5) is 5.69 Å². The zero-order valence-electron chi connectivity index (χ0n) is 12.6. The Labute approximate surface area is 147 Å². The lowest BCUT2D eigenvalue weighted by Crippen LogP contribution is -2.30. The molecule has 0 aromatic heterocycles. The van der Waals surface area contributed by atoms with Gasteiger partial charge in [0.05, 0.1) is 5.56 Å². The molecule has 1 amide bonds. The molecule has 0 spiro atoms. The maximum atomic E-state index is 12.2. The Kier molecular flexibility index (Phi) is 5.80. The van der Waals surface area contributed by atoms with Crippen molar-refractivity contribution >= 4 is 45.1 Å². The Morgan fingerprint density at radius 1 is 1.22 bits per heavy atom. The molecular weight excluding hydrogens is 382 g/mol. The standard InChI is InChI=1S/C17H15BrClNO3/c1-10-7-8-12(19)9-15(10)20-16(21)11(2)23-17(22)13-5-3-4-6-14(13)18/h3-9,11H,1-2H3,(H,20,21)/t11-/m1/s1. The molecule has 0 saturated carbocycles. The number of halogens is 2. The molecule has 1 atom stereocenters.